The molecule has 20 heavy (non-hydrogen) atoms. The molecule has 116 valence electrons. The summed E-state index contributed by atoms with van der Waals surface area (Å²) in [7, 11) is 3.94. The van der Waals surface area contributed by atoms with Crippen molar-refractivity contribution in [2.75, 3.05) is 33.7 Å². The van der Waals surface area contributed by atoms with Gasteiger partial charge in [-0.15, -0.1) is 24.0 Å². The van der Waals surface area contributed by atoms with Gasteiger partial charge in [-0.2, -0.15) is 0 Å². The molecule has 0 saturated carbocycles. The fourth-order valence-electron chi connectivity index (χ4n) is 1.65. The van der Waals surface area contributed by atoms with E-state index >= 15 is 0 Å². The summed E-state index contributed by atoms with van der Waals surface area (Å²) in [5.74, 6) is 0.865. The number of hydrogen-bond donors (Lipinski definition) is 2. The quantitative estimate of drug-likeness (QED) is 0.420. The number of hydrogen-bond acceptors (Lipinski definition) is 2. The van der Waals surface area contributed by atoms with Crippen LogP contribution in [0.3, 0.4) is 0 Å². The summed E-state index contributed by atoms with van der Waals surface area (Å²) in [5.41, 5.74) is 0. The largest absolute Gasteiger partial charge is 0.355 e. The molecule has 0 amide bonds. The van der Waals surface area contributed by atoms with Crippen molar-refractivity contribution in [3.05, 3.63) is 24.5 Å². The van der Waals surface area contributed by atoms with E-state index in [1.165, 1.54) is 0 Å². The number of nitrogens with zero attached hydrogens (tertiary/aromatic N) is 3. The Hall–Kier alpha value is -0.760. The lowest BCUT2D eigenvalue weighted by Gasteiger charge is -2.21. The Morgan fingerprint density at radius 1 is 1.20 bits per heavy atom. The first-order chi connectivity index (χ1) is 9.13. The zero-order chi connectivity index (χ0) is 14.1. The molecule has 6 heteroatoms. The highest BCUT2D eigenvalue weighted by atomic mass is 127. The van der Waals surface area contributed by atoms with Crippen LogP contribution in [0.2, 0.25) is 0 Å². The highest BCUT2D eigenvalue weighted by Crippen LogP contribution is 1.91. The van der Waals surface area contributed by atoms with Gasteiger partial charge in [0.2, 0.25) is 0 Å². The Kier molecular flexibility index (Phi) is 10.5. The van der Waals surface area contributed by atoms with Crippen molar-refractivity contribution >= 4 is 29.9 Å². The molecule has 0 spiro atoms. The van der Waals surface area contributed by atoms with Crippen LogP contribution < -0.4 is 10.6 Å². The minimum Gasteiger partial charge on any atom is -0.355 e. The second-order valence-electron chi connectivity index (χ2n) is 4.92. The van der Waals surface area contributed by atoms with Gasteiger partial charge in [0.05, 0.1) is 0 Å². The van der Waals surface area contributed by atoms with Crippen LogP contribution >= 0.6 is 24.0 Å². The van der Waals surface area contributed by atoms with Crippen LogP contribution in [-0.2, 0) is 6.54 Å². The van der Waals surface area contributed by atoms with Crippen LogP contribution in [0.25, 0.3) is 0 Å². The van der Waals surface area contributed by atoms with Crippen molar-refractivity contribution < 1.29 is 0 Å². The Bertz CT molecular complexity index is 362. The highest BCUT2D eigenvalue weighted by molar-refractivity contribution is 14.0. The highest BCUT2D eigenvalue weighted by Gasteiger charge is 2.03. The molecule has 1 aromatic heterocycles. The minimum atomic E-state index is 0. The average molecular weight is 393 g/mol. The van der Waals surface area contributed by atoms with E-state index < -0.39 is 0 Å². The van der Waals surface area contributed by atoms with E-state index in [1.807, 2.05) is 12.1 Å². The molecule has 1 aromatic rings. The molecule has 5 nitrogen and oxygen atoms in total. The number of aliphatic imine (C=N–C) groups is 1. The molecule has 0 aliphatic rings. The van der Waals surface area contributed by atoms with Crippen molar-refractivity contribution in [1.82, 2.24) is 20.1 Å². The second kappa shape index (κ2) is 11.0. The van der Waals surface area contributed by atoms with Gasteiger partial charge in [0.1, 0.15) is 0 Å². The van der Waals surface area contributed by atoms with Gasteiger partial charge in [-0.25, -0.2) is 0 Å². The summed E-state index contributed by atoms with van der Waals surface area (Å²) in [6.45, 7) is 8.12. The number of guanidine groups is 1. The summed E-state index contributed by atoms with van der Waals surface area (Å²) in [4.78, 5) is 6.52. The predicted octanol–water partition coefficient (Wildman–Crippen LogP) is 1.61. The first-order valence-corrected chi connectivity index (χ1v) is 6.89. The summed E-state index contributed by atoms with van der Waals surface area (Å²) in [6.07, 6.45) is 4.13. The molecule has 1 heterocycles. The third-order valence-electron chi connectivity index (χ3n) is 3.19. The molecular formula is C14H28IN5. The predicted molar refractivity (Wildman–Crippen MR) is 97.0 cm³/mol. The topological polar surface area (TPSA) is 44.6 Å². The van der Waals surface area contributed by atoms with Gasteiger partial charge in [0.25, 0.3) is 0 Å². The molecule has 0 atom stereocenters. The van der Waals surface area contributed by atoms with E-state index in [-0.39, 0.29) is 24.0 Å². The van der Waals surface area contributed by atoms with Crippen molar-refractivity contribution in [3.8, 4) is 0 Å². The van der Waals surface area contributed by atoms with Crippen LogP contribution in [-0.4, -0.2) is 55.2 Å². The molecule has 2 N–H and O–H groups in total. The number of rotatable bonds is 7. The number of aromatic nitrogens is 1. The molecule has 1 rings (SSSR count). The fraction of sp³-hybridized carbons (Fsp3) is 0.643. The lowest BCUT2D eigenvalue weighted by molar-refractivity contribution is 0.278. The Morgan fingerprint density at radius 3 is 2.35 bits per heavy atom. The maximum atomic E-state index is 4.22. The second-order valence-corrected chi connectivity index (χ2v) is 4.92. The van der Waals surface area contributed by atoms with Gasteiger partial charge in [0.15, 0.2) is 5.96 Å². The van der Waals surface area contributed by atoms with Gasteiger partial charge >= 0.3 is 0 Å². The van der Waals surface area contributed by atoms with Crippen molar-refractivity contribution in [1.29, 1.82) is 0 Å². The standard InChI is InChI=1S/C14H27N5.HI/c1-13(2)18(4)11-7-16-14(15-3)17-8-12-19-9-5-6-10-19;/h5-6,9-10,13H,7-8,11-12H2,1-4H3,(H2,15,16,17);1H. The zero-order valence-electron chi connectivity index (χ0n) is 13.0. The fourth-order valence-corrected chi connectivity index (χ4v) is 1.65. The maximum Gasteiger partial charge on any atom is 0.191 e. The van der Waals surface area contributed by atoms with E-state index in [2.05, 4.69) is 58.4 Å². The van der Waals surface area contributed by atoms with Gasteiger partial charge in [-0.05, 0) is 33.0 Å². The average Bonchev–Trinajstić information content (AvgIpc) is 2.89. The molecule has 0 bridgehead atoms. The maximum absolute atomic E-state index is 4.22. The van der Waals surface area contributed by atoms with E-state index in [0.717, 1.165) is 32.1 Å². The minimum absolute atomic E-state index is 0. The lowest BCUT2D eigenvalue weighted by Crippen LogP contribution is -2.42. The molecule has 0 saturated heterocycles. The van der Waals surface area contributed by atoms with Crippen LogP contribution in [0.5, 0.6) is 0 Å². The SMILES string of the molecule is CN=C(NCCN(C)C(C)C)NCCn1cccc1.I. The molecule has 0 fully saturated rings. The molecule has 0 radical (unpaired) electrons. The smallest absolute Gasteiger partial charge is 0.191 e. The third-order valence-corrected chi connectivity index (χ3v) is 3.19. The summed E-state index contributed by atoms with van der Waals surface area (Å²) >= 11 is 0. The Balaban J connectivity index is 0.00000361. The van der Waals surface area contributed by atoms with Gasteiger partial charge in [-0.1, -0.05) is 0 Å². The van der Waals surface area contributed by atoms with Crippen molar-refractivity contribution in [2.45, 2.75) is 26.4 Å². The molecule has 0 aliphatic carbocycles. The van der Waals surface area contributed by atoms with Gasteiger partial charge < -0.3 is 20.1 Å². The van der Waals surface area contributed by atoms with Gasteiger partial charge in [-0.3, -0.25) is 4.99 Å². The number of nitrogens with one attached hydrogen (secondary N) is 2. The normalized spacial score (nSPS) is 11.6. The summed E-state index contributed by atoms with van der Waals surface area (Å²) < 4.78 is 2.15. The molecule has 0 unspecified atom stereocenters. The summed E-state index contributed by atoms with van der Waals surface area (Å²) in [6, 6.07) is 4.65. The first kappa shape index (κ1) is 19.2. The Morgan fingerprint density at radius 2 is 1.80 bits per heavy atom. The molecular weight excluding hydrogens is 365 g/mol. The monoisotopic (exact) mass is 393 g/mol. The van der Waals surface area contributed by atoms with E-state index in [0.29, 0.717) is 6.04 Å². The number of likely N-dealkylation sites (N-methyl/N-ethyl adjacent to an activating group) is 1. The molecule has 0 aromatic carbocycles. The van der Waals surface area contributed by atoms with Crippen LogP contribution in [0.4, 0.5) is 0 Å². The summed E-state index contributed by atoms with van der Waals surface area (Å²) in [5, 5.41) is 6.63. The Labute approximate surface area is 139 Å². The van der Waals surface area contributed by atoms with Crippen molar-refractivity contribution in [3.63, 3.8) is 0 Å². The first-order valence-electron chi connectivity index (χ1n) is 6.89. The van der Waals surface area contributed by atoms with Crippen LogP contribution in [0.1, 0.15) is 13.8 Å². The van der Waals surface area contributed by atoms with Crippen LogP contribution in [0.15, 0.2) is 29.5 Å². The van der Waals surface area contributed by atoms with E-state index in [1.54, 1.807) is 7.05 Å². The zero-order valence-corrected chi connectivity index (χ0v) is 15.3. The van der Waals surface area contributed by atoms with Crippen molar-refractivity contribution in [2.24, 2.45) is 4.99 Å². The van der Waals surface area contributed by atoms with Crippen LogP contribution in [0, 0.1) is 0 Å². The van der Waals surface area contributed by atoms with E-state index in [9.17, 15) is 0 Å². The van der Waals surface area contributed by atoms with Gasteiger partial charge in [0, 0.05) is 51.7 Å². The number of halogens is 1. The third kappa shape index (κ3) is 7.74. The lowest BCUT2D eigenvalue weighted by atomic mass is 10.3. The molecule has 0 aliphatic heterocycles. The van der Waals surface area contributed by atoms with E-state index in [4.69, 9.17) is 0 Å².